The Kier molecular flexibility index (Phi) is 8.32. The summed E-state index contributed by atoms with van der Waals surface area (Å²) < 4.78 is 48.8. The van der Waals surface area contributed by atoms with Gasteiger partial charge in [0.2, 0.25) is 5.91 Å². The molecule has 2 N–H and O–H groups in total. The highest BCUT2D eigenvalue weighted by Crippen LogP contribution is 2.52. The Hall–Kier alpha value is -2.72. The van der Waals surface area contributed by atoms with Crippen LogP contribution in [0.4, 0.5) is 18.0 Å². The van der Waals surface area contributed by atoms with Gasteiger partial charge in [-0.3, -0.25) is 4.79 Å². The summed E-state index contributed by atoms with van der Waals surface area (Å²) in [6.45, 7) is -0.628. The number of hydrogen-bond acceptors (Lipinski definition) is 7. The number of nitriles is 1. The molecule has 0 spiro atoms. The molecule has 0 bridgehead atoms. The third-order valence-corrected chi connectivity index (χ3v) is 8.42. The third kappa shape index (κ3) is 5.52. The number of alkyl halides is 3. The molecule has 38 heavy (non-hydrogen) atoms. The molecule has 2 aliphatic rings. The van der Waals surface area contributed by atoms with Gasteiger partial charge in [-0.1, -0.05) is 51.3 Å². The number of rotatable bonds is 6. The molecule has 8 nitrogen and oxygen atoms in total. The number of nitrogens with one attached hydrogen (secondary N) is 2. The second-order valence-electron chi connectivity index (χ2n) is 8.45. The van der Waals surface area contributed by atoms with E-state index in [0.717, 1.165) is 41.9 Å². The molecule has 202 valence electrons. The lowest BCUT2D eigenvalue weighted by atomic mass is 9.86. The molecule has 1 aromatic heterocycles. The van der Waals surface area contributed by atoms with E-state index in [1.54, 1.807) is 6.07 Å². The van der Waals surface area contributed by atoms with Gasteiger partial charge in [-0.05, 0) is 43.4 Å². The molecule has 4 rings (SSSR count). The summed E-state index contributed by atoms with van der Waals surface area (Å²) in [5.41, 5.74) is -1.72. The summed E-state index contributed by atoms with van der Waals surface area (Å²) in [7, 11) is 0. The lowest BCUT2D eigenvalue weighted by Crippen LogP contribution is -2.42. The first-order chi connectivity index (χ1) is 18.0. The van der Waals surface area contributed by atoms with Crippen LogP contribution >= 0.6 is 46.1 Å². The van der Waals surface area contributed by atoms with Gasteiger partial charge in [-0.25, -0.2) is 4.79 Å². The Morgan fingerprint density at radius 2 is 1.82 bits per heavy atom. The first-order valence-electron chi connectivity index (χ1n) is 11.2. The van der Waals surface area contributed by atoms with Crippen LogP contribution in [0, 0.1) is 11.3 Å². The highest BCUT2D eigenvalue weighted by molar-refractivity contribution is 7.16. The van der Waals surface area contributed by atoms with Crippen molar-refractivity contribution >= 4 is 63.9 Å². The number of amides is 2. The quantitative estimate of drug-likeness (QED) is 0.313. The lowest BCUT2D eigenvalue weighted by molar-refractivity contribution is -0.275. The molecular formula is C23H18Cl3F3N4O4S. The average molecular weight is 610 g/mol. The lowest BCUT2D eigenvalue weighted by Gasteiger charge is -2.30. The fourth-order valence-electron chi connectivity index (χ4n) is 4.20. The Morgan fingerprint density at radius 3 is 2.45 bits per heavy atom. The van der Waals surface area contributed by atoms with E-state index < -0.39 is 36.7 Å². The third-order valence-electron chi connectivity index (χ3n) is 6.02. The molecule has 1 aliphatic heterocycles. The Balaban J connectivity index is 1.61. The molecule has 2 amide bonds. The largest absolute Gasteiger partial charge is 0.435 e. The molecule has 0 fully saturated rings. The van der Waals surface area contributed by atoms with Crippen molar-refractivity contribution in [1.82, 2.24) is 10.6 Å². The molecular weight excluding hydrogens is 592 g/mol. The van der Waals surface area contributed by atoms with Crippen LogP contribution in [0.15, 0.2) is 17.3 Å². The minimum absolute atomic E-state index is 0.0406. The number of carbonyl (C=O) groups excluding carboxylic acids is 2. The van der Waals surface area contributed by atoms with E-state index in [4.69, 9.17) is 49.6 Å². The van der Waals surface area contributed by atoms with Crippen molar-refractivity contribution in [2.75, 3.05) is 13.1 Å². The maximum Gasteiger partial charge on any atom is 0.435 e. The van der Waals surface area contributed by atoms with Crippen LogP contribution in [-0.2, 0) is 28.1 Å². The number of benzene rings is 1. The molecule has 1 aromatic carbocycles. The minimum atomic E-state index is -4.89. The summed E-state index contributed by atoms with van der Waals surface area (Å²) in [6, 6.07) is 3.84. The van der Waals surface area contributed by atoms with Gasteiger partial charge in [0, 0.05) is 11.1 Å². The Bertz CT molecular complexity index is 1340. The fourth-order valence-corrected chi connectivity index (χ4v) is 6.02. The van der Waals surface area contributed by atoms with Gasteiger partial charge >= 0.3 is 12.3 Å². The molecule has 2 heterocycles. The van der Waals surface area contributed by atoms with E-state index in [2.05, 4.69) is 15.8 Å². The summed E-state index contributed by atoms with van der Waals surface area (Å²) in [4.78, 5) is 29.5. The van der Waals surface area contributed by atoms with E-state index in [0.29, 0.717) is 23.3 Å². The topological polar surface area (TPSA) is 113 Å². The van der Waals surface area contributed by atoms with E-state index in [1.807, 2.05) is 0 Å². The normalized spacial score (nSPS) is 18.6. The Morgan fingerprint density at radius 1 is 1.16 bits per heavy atom. The van der Waals surface area contributed by atoms with E-state index in [-0.39, 0.29) is 38.0 Å². The highest BCUT2D eigenvalue weighted by atomic mass is 35.5. The van der Waals surface area contributed by atoms with Crippen molar-refractivity contribution in [2.24, 2.45) is 5.16 Å². The van der Waals surface area contributed by atoms with Crippen molar-refractivity contribution in [3.63, 3.8) is 0 Å². The van der Waals surface area contributed by atoms with E-state index in [1.165, 1.54) is 0 Å². The van der Waals surface area contributed by atoms with Crippen LogP contribution < -0.4 is 15.4 Å². The number of oxime groups is 1. The predicted molar refractivity (Wildman–Crippen MR) is 135 cm³/mol. The van der Waals surface area contributed by atoms with Crippen LogP contribution in [0.2, 0.25) is 15.1 Å². The number of halogens is 6. The molecule has 2 aromatic rings. The minimum Gasteiger partial charge on any atom is -0.399 e. The summed E-state index contributed by atoms with van der Waals surface area (Å²) in [6.07, 6.45) is -3.77. The number of ether oxygens (including phenoxy) is 1. The first-order valence-corrected chi connectivity index (χ1v) is 13.1. The van der Waals surface area contributed by atoms with Crippen molar-refractivity contribution in [3.8, 4) is 11.1 Å². The smallest absolute Gasteiger partial charge is 0.399 e. The highest BCUT2D eigenvalue weighted by Gasteiger charge is 2.63. The standard InChI is InChI=1S/C23H18Cl3F3N4O4S/c24-14-7-11(8-15(25)18(14)26)22(23(27,28)29)9-16(33-37-22)19-12-3-1-2-4-13(12)20(38-19)36-21(35)32-10-17(34)31-6-5-30/h7-8H,1-4,6,9-10H2,(H,31,34)(H,32,35). The molecule has 1 atom stereocenters. The van der Waals surface area contributed by atoms with Gasteiger partial charge < -0.3 is 20.2 Å². The van der Waals surface area contributed by atoms with Crippen LogP contribution in [0.1, 0.15) is 40.8 Å². The zero-order chi connectivity index (χ0) is 27.7. The second kappa shape index (κ2) is 11.2. The van der Waals surface area contributed by atoms with Gasteiger partial charge in [0.1, 0.15) is 18.8 Å². The molecule has 1 aliphatic carbocycles. The van der Waals surface area contributed by atoms with Crippen LogP contribution in [-0.4, -0.2) is 37.0 Å². The van der Waals surface area contributed by atoms with Gasteiger partial charge in [0.25, 0.3) is 5.60 Å². The number of thiophene rings is 1. The SMILES string of the molecule is N#CCNC(=O)CNC(=O)Oc1sc(C2=NOC(c3cc(Cl)c(Cl)c(Cl)c3)(C(F)(F)F)C2)c2c1CCCC2. The summed E-state index contributed by atoms with van der Waals surface area (Å²) in [5, 5.41) is 16.7. The monoisotopic (exact) mass is 608 g/mol. The zero-order valence-electron chi connectivity index (χ0n) is 19.3. The summed E-state index contributed by atoms with van der Waals surface area (Å²) >= 11 is 18.9. The molecule has 1 unspecified atom stereocenters. The predicted octanol–water partition coefficient (Wildman–Crippen LogP) is 5.90. The maximum absolute atomic E-state index is 14.5. The van der Waals surface area contributed by atoms with Gasteiger partial charge in [-0.15, -0.1) is 0 Å². The first kappa shape index (κ1) is 28.3. The van der Waals surface area contributed by atoms with Gasteiger partial charge in [0.05, 0.1) is 32.4 Å². The number of fused-ring (bicyclic) bond motifs is 1. The van der Waals surface area contributed by atoms with Crippen LogP contribution in [0.5, 0.6) is 5.06 Å². The number of hydrogen-bond donors (Lipinski definition) is 2. The maximum atomic E-state index is 14.5. The van der Waals surface area contributed by atoms with Gasteiger partial charge in [0.15, 0.2) is 5.06 Å². The van der Waals surface area contributed by atoms with Crippen molar-refractivity contribution < 1.29 is 32.3 Å². The second-order valence-corrected chi connectivity index (χ2v) is 10.6. The van der Waals surface area contributed by atoms with Crippen molar-refractivity contribution in [2.45, 2.75) is 43.9 Å². The molecule has 0 radical (unpaired) electrons. The zero-order valence-corrected chi connectivity index (χ0v) is 22.4. The molecule has 15 heteroatoms. The Labute approximate surface area is 233 Å². The fraction of sp³-hybridized carbons (Fsp3) is 0.391. The number of nitrogens with zero attached hydrogens (tertiary/aromatic N) is 2. The van der Waals surface area contributed by atoms with E-state index in [9.17, 15) is 22.8 Å². The molecule has 0 saturated heterocycles. The van der Waals surface area contributed by atoms with Gasteiger partial charge in [-0.2, -0.15) is 18.4 Å². The van der Waals surface area contributed by atoms with Crippen molar-refractivity contribution in [1.29, 1.82) is 5.26 Å². The number of carbonyl (C=O) groups is 2. The van der Waals surface area contributed by atoms with Crippen LogP contribution in [0.3, 0.4) is 0 Å². The average Bonchev–Trinajstić information content (AvgIpc) is 3.48. The van der Waals surface area contributed by atoms with Crippen molar-refractivity contribution in [3.05, 3.63) is 48.8 Å². The van der Waals surface area contributed by atoms with E-state index >= 15 is 0 Å². The molecule has 0 saturated carbocycles. The van der Waals surface area contributed by atoms with Crippen LogP contribution in [0.25, 0.3) is 0 Å². The summed E-state index contributed by atoms with van der Waals surface area (Å²) in [5.74, 6) is -0.583.